The monoisotopic (exact) mass is 516 g/mol. The Hall–Kier alpha value is -3.00. The number of aromatic nitrogens is 1. The number of pyridine rings is 1. The SMILES string of the molecule is CN(C)c1ccc(C2C(=Cc3cccc(N4CCOCC4)n3)C(=O)C(C)(C)CN2Cc2cccs2)cc1. The Morgan fingerprint density at radius 2 is 1.84 bits per heavy atom. The smallest absolute Gasteiger partial charge is 0.167 e. The Morgan fingerprint density at radius 3 is 2.51 bits per heavy atom. The normalized spacial score (nSPS) is 21.4. The van der Waals surface area contributed by atoms with Gasteiger partial charge in [0.25, 0.3) is 0 Å². The number of nitrogens with zero attached hydrogens (tertiary/aromatic N) is 4. The van der Waals surface area contributed by atoms with E-state index in [4.69, 9.17) is 9.72 Å². The molecule has 1 unspecified atom stereocenters. The molecule has 0 saturated carbocycles. The molecule has 6 nitrogen and oxygen atoms in total. The fourth-order valence-electron chi connectivity index (χ4n) is 5.27. The van der Waals surface area contributed by atoms with E-state index in [0.29, 0.717) is 19.8 Å². The van der Waals surface area contributed by atoms with Gasteiger partial charge in [-0.3, -0.25) is 9.69 Å². The van der Waals surface area contributed by atoms with Crippen molar-refractivity contribution in [2.75, 3.05) is 56.7 Å². The number of morpholine rings is 1. The highest BCUT2D eigenvalue weighted by molar-refractivity contribution is 7.09. The minimum atomic E-state index is -0.495. The van der Waals surface area contributed by atoms with E-state index in [2.05, 4.69) is 70.3 Å². The summed E-state index contributed by atoms with van der Waals surface area (Å²) in [5, 5.41) is 2.12. The van der Waals surface area contributed by atoms with Gasteiger partial charge in [0.05, 0.1) is 24.9 Å². The summed E-state index contributed by atoms with van der Waals surface area (Å²) in [6.45, 7) is 8.70. The van der Waals surface area contributed by atoms with E-state index in [1.165, 1.54) is 4.88 Å². The molecule has 0 amide bonds. The fraction of sp³-hybridized carbons (Fsp3) is 0.400. The number of Topliss-reactive ketones (excluding diaryl/α,β-unsaturated/α-hetero) is 1. The molecule has 2 fully saturated rings. The second-order valence-electron chi connectivity index (χ2n) is 10.7. The minimum Gasteiger partial charge on any atom is -0.378 e. The molecule has 2 saturated heterocycles. The summed E-state index contributed by atoms with van der Waals surface area (Å²) >= 11 is 1.76. The third-order valence-electron chi connectivity index (χ3n) is 7.19. The van der Waals surface area contributed by atoms with Gasteiger partial charge in [-0.15, -0.1) is 11.3 Å². The third kappa shape index (κ3) is 5.64. The van der Waals surface area contributed by atoms with Crippen molar-refractivity contribution in [1.29, 1.82) is 0 Å². The highest BCUT2D eigenvalue weighted by Crippen LogP contribution is 2.43. The lowest BCUT2D eigenvalue weighted by Gasteiger charge is -2.44. The number of hydrogen-bond acceptors (Lipinski definition) is 7. The van der Waals surface area contributed by atoms with Crippen LogP contribution in [0.15, 0.2) is 65.6 Å². The Balaban J connectivity index is 1.58. The second-order valence-corrected chi connectivity index (χ2v) is 11.7. The molecule has 1 aromatic carbocycles. The molecule has 0 aliphatic carbocycles. The Morgan fingerprint density at radius 1 is 1.08 bits per heavy atom. The van der Waals surface area contributed by atoms with Crippen molar-refractivity contribution in [2.45, 2.75) is 26.4 Å². The molecule has 0 spiro atoms. The highest BCUT2D eigenvalue weighted by atomic mass is 32.1. The summed E-state index contributed by atoms with van der Waals surface area (Å²) in [7, 11) is 4.09. The lowest BCUT2D eigenvalue weighted by Crippen LogP contribution is -2.48. The average Bonchev–Trinajstić information content (AvgIpc) is 3.41. The molecule has 2 aromatic heterocycles. The lowest BCUT2D eigenvalue weighted by molar-refractivity contribution is -0.128. The van der Waals surface area contributed by atoms with Gasteiger partial charge >= 0.3 is 0 Å². The van der Waals surface area contributed by atoms with Crippen LogP contribution >= 0.6 is 11.3 Å². The topological polar surface area (TPSA) is 48.9 Å². The molecule has 5 rings (SSSR count). The zero-order chi connectivity index (χ0) is 26.0. The fourth-order valence-corrected chi connectivity index (χ4v) is 6.00. The molecular formula is C30H36N4O2S. The van der Waals surface area contributed by atoms with Crippen molar-refractivity contribution in [3.05, 3.63) is 81.7 Å². The molecule has 2 aliphatic rings. The van der Waals surface area contributed by atoms with Crippen LogP contribution in [-0.4, -0.2) is 62.6 Å². The third-order valence-corrected chi connectivity index (χ3v) is 8.05. The number of carbonyl (C=O) groups excluding carboxylic acids is 1. The van der Waals surface area contributed by atoms with Gasteiger partial charge < -0.3 is 14.5 Å². The van der Waals surface area contributed by atoms with Crippen LogP contribution in [0.4, 0.5) is 11.5 Å². The summed E-state index contributed by atoms with van der Waals surface area (Å²) in [6.07, 6.45) is 2.03. The van der Waals surface area contributed by atoms with E-state index < -0.39 is 5.41 Å². The Kier molecular flexibility index (Phi) is 7.47. The van der Waals surface area contributed by atoms with E-state index in [0.717, 1.165) is 48.0 Å². The number of carbonyl (C=O) groups is 1. The molecule has 7 heteroatoms. The predicted octanol–water partition coefficient (Wildman–Crippen LogP) is 5.28. The predicted molar refractivity (Wildman–Crippen MR) is 152 cm³/mol. The van der Waals surface area contributed by atoms with Gasteiger partial charge in [0, 0.05) is 61.8 Å². The summed E-state index contributed by atoms with van der Waals surface area (Å²) in [6, 6.07) is 18.8. The van der Waals surface area contributed by atoms with Crippen LogP contribution in [0.3, 0.4) is 0 Å². The highest BCUT2D eigenvalue weighted by Gasteiger charge is 2.44. The number of thiophene rings is 1. The summed E-state index contributed by atoms with van der Waals surface area (Å²) < 4.78 is 5.52. The molecule has 0 bridgehead atoms. The van der Waals surface area contributed by atoms with Crippen molar-refractivity contribution in [3.63, 3.8) is 0 Å². The average molecular weight is 517 g/mol. The maximum Gasteiger partial charge on any atom is 0.167 e. The van der Waals surface area contributed by atoms with Crippen molar-refractivity contribution < 1.29 is 9.53 Å². The molecule has 1 atom stereocenters. The van der Waals surface area contributed by atoms with Crippen LogP contribution in [0.1, 0.15) is 36.0 Å². The number of ether oxygens (including phenoxy) is 1. The molecule has 194 valence electrons. The standard InChI is InChI=1S/C30H36N4O2S/c1-30(2)21-34(20-25-8-6-18-37-25)28(22-10-12-24(13-11-22)32(3)4)26(29(30)35)19-23-7-5-9-27(31-23)33-14-16-36-17-15-33/h5-13,18-19,28H,14-17,20-21H2,1-4H3. The van der Waals surface area contributed by atoms with Crippen LogP contribution in [-0.2, 0) is 16.1 Å². The lowest BCUT2D eigenvalue weighted by atomic mass is 9.74. The molecule has 2 aliphatic heterocycles. The number of likely N-dealkylation sites (tertiary alicyclic amines) is 1. The van der Waals surface area contributed by atoms with Gasteiger partial charge in [0.15, 0.2) is 5.78 Å². The molecule has 3 aromatic rings. The number of anilines is 2. The zero-order valence-electron chi connectivity index (χ0n) is 22.2. The van der Waals surface area contributed by atoms with E-state index >= 15 is 0 Å². The van der Waals surface area contributed by atoms with E-state index in [9.17, 15) is 4.79 Å². The maximum absolute atomic E-state index is 14.0. The van der Waals surface area contributed by atoms with Gasteiger partial charge in [0.2, 0.25) is 0 Å². The first-order valence-electron chi connectivity index (χ1n) is 12.9. The number of ketones is 1. The Bertz CT molecular complexity index is 1240. The van der Waals surface area contributed by atoms with Crippen LogP contribution in [0.5, 0.6) is 0 Å². The van der Waals surface area contributed by atoms with Crippen molar-refractivity contribution >= 4 is 34.7 Å². The quantitative estimate of drug-likeness (QED) is 0.416. The molecule has 4 heterocycles. The number of benzene rings is 1. The van der Waals surface area contributed by atoms with Crippen LogP contribution in [0.2, 0.25) is 0 Å². The van der Waals surface area contributed by atoms with E-state index in [1.807, 2.05) is 38.4 Å². The number of hydrogen-bond donors (Lipinski definition) is 0. The first-order chi connectivity index (χ1) is 17.8. The second kappa shape index (κ2) is 10.8. The molecular weight excluding hydrogens is 480 g/mol. The number of rotatable bonds is 6. The van der Waals surface area contributed by atoms with Gasteiger partial charge in [-0.25, -0.2) is 4.98 Å². The summed E-state index contributed by atoms with van der Waals surface area (Å²) in [5.74, 6) is 1.12. The van der Waals surface area contributed by atoms with Crippen molar-refractivity contribution in [3.8, 4) is 0 Å². The minimum absolute atomic E-state index is 0.146. The molecule has 37 heavy (non-hydrogen) atoms. The largest absolute Gasteiger partial charge is 0.378 e. The molecule has 0 radical (unpaired) electrons. The first-order valence-corrected chi connectivity index (χ1v) is 13.8. The number of piperidine rings is 1. The van der Waals surface area contributed by atoms with E-state index in [-0.39, 0.29) is 11.8 Å². The van der Waals surface area contributed by atoms with Gasteiger partial charge in [-0.2, -0.15) is 0 Å². The van der Waals surface area contributed by atoms with Gasteiger partial charge in [0.1, 0.15) is 5.82 Å². The summed E-state index contributed by atoms with van der Waals surface area (Å²) in [5.41, 5.74) is 3.39. The van der Waals surface area contributed by atoms with E-state index in [1.54, 1.807) is 11.3 Å². The van der Waals surface area contributed by atoms with Gasteiger partial charge in [-0.05, 0) is 47.4 Å². The first kappa shape index (κ1) is 25.6. The van der Waals surface area contributed by atoms with Crippen molar-refractivity contribution in [1.82, 2.24) is 9.88 Å². The van der Waals surface area contributed by atoms with Crippen LogP contribution in [0, 0.1) is 5.41 Å². The van der Waals surface area contributed by atoms with Crippen LogP contribution in [0.25, 0.3) is 6.08 Å². The summed E-state index contributed by atoms with van der Waals surface area (Å²) in [4.78, 5) is 27.0. The maximum atomic E-state index is 14.0. The Labute approximate surface area is 224 Å². The van der Waals surface area contributed by atoms with Crippen molar-refractivity contribution in [2.24, 2.45) is 5.41 Å². The van der Waals surface area contributed by atoms with Gasteiger partial charge in [-0.1, -0.05) is 38.1 Å². The zero-order valence-corrected chi connectivity index (χ0v) is 23.0. The molecule has 0 N–H and O–H groups in total. The van der Waals surface area contributed by atoms with Crippen LogP contribution < -0.4 is 9.80 Å².